The SMILES string of the molecule is CC(O)C1OCCC2CCN21. The van der Waals surface area contributed by atoms with E-state index in [9.17, 15) is 5.11 Å². The van der Waals surface area contributed by atoms with Crippen LogP contribution in [0.1, 0.15) is 19.8 Å². The van der Waals surface area contributed by atoms with Gasteiger partial charge in [-0.3, -0.25) is 4.90 Å². The topological polar surface area (TPSA) is 32.7 Å². The third-order valence-electron chi connectivity index (χ3n) is 2.67. The molecule has 1 N–H and O–H groups in total. The number of hydrogen-bond donors (Lipinski definition) is 1. The van der Waals surface area contributed by atoms with E-state index in [0.717, 1.165) is 19.6 Å². The summed E-state index contributed by atoms with van der Waals surface area (Å²) < 4.78 is 5.45. The van der Waals surface area contributed by atoms with Gasteiger partial charge >= 0.3 is 0 Å². The van der Waals surface area contributed by atoms with E-state index in [4.69, 9.17) is 4.74 Å². The zero-order chi connectivity index (χ0) is 7.84. The molecule has 0 bridgehead atoms. The van der Waals surface area contributed by atoms with E-state index in [1.54, 1.807) is 6.92 Å². The lowest BCUT2D eigenvalue weighted by Crippen LogP contribution is -2.60. The number of hydrogen-bond acceptors (Lipinski definition) is 3. The maximum Gasteiger partial charge on any atom is 0.136 e. The van der Waals surface area contributed by atoms with Gasteiger partial charge in [-0.1, -0.05) is 0 Å². The van der Waals surface area contributed by atoms with Crippen LogP contribution in [-0.4, -0.2) is 41.5 Å². The van der Waals surface area contributed by atoms with E-state index in [1.807, 2.05) is 0 Å². The normalized spacial score (nSPS) is 40.9. The van der Waals surface area contributed by atoms with Gasteiger partial charge in [0.15, 0.2) is 0 Å². The summed E-state index contributed by atoms with van der Waals surface area (Å²) in [4.78, 5) is 2.26. The first kappa shape index (κ1) is 7.53. The van der Waals surface area contributed by atoms with Gasteiger partial charge in [0.25, 0.3) is 0 Å². The highest BCUT2D eigenvalue weighted by molar-refractivity contribution is 4.89. The van der Waals surface area contributed by atoms with Crippen LogP contribution in [0.5, 0.6) is 0 Å². The van der Waals surface area contributed by atoms with Crippen molar-refractivity contribution < 1.29 is 9.84 Å². The molecule has 0 saturated carbocycles. The van der Waals surface area contributed by atoms with E-state index < -0.39 is 0 Å². The van der Waals surface area contributed by atoms with E-state index in [-0.39, 0.29) is 12.3 Å². The van der Waals surface area contributed by atoms with Crippen molar-refractivity contribution >= 4 is 0 Å². The molecule has 2 rings (SSSR count). The first-order valence-corrected chi connectivity index (χ1v) is 4.34. The van der Waals surface area contributed by atoms with Crippen LogP contribution in [0, 0.1) is 0 Å². The maximum atomic E-state index is 9.33. The number of fused-ring (bicyclic) bond motifs is 1. The van der Waals surface area contributed by atoms with Crippen molar-refractivity contribution in [1.82, 2.24) is 4.90 Å². The lowest BCUT2D eigenvalue weighted by Gasteiger charge is -2.50. The molecule has 0 radical (unpaired) electrons. The number of nitrogens with zero attached hydrogens (tertiary/aromatic N) is 1. The molecule has 0 spiro atoms. The second-order valence-electron chi connectivity index (χ2n) is 3.47. The second kappa shape index (κ2) is 2.73. The number of ether oxygens (including phenoxy) is 1. The van der Waals surface area contributed by atoms with Crippen LogP contribution < -0.4 is 0 Å². The lowest BCUT2D eigenvalue weighted by molar-refractivity contribution is -0.197. The monoisotopic (exact) mass is 157 g/mol. The minimum Gasteiger partial charge on any atom is -0.389 e. The summed E-state index contributed by atoms with van der Waals surface area (Å²) in [5.41, 5.74) is 0. The highest BCUT2D eigenvalue weighted by Gasteiger charge is 2.39. The summed E-state index contributed by atoms with van der Waals surface area (Å²) in [6.45, 7) is 3.71. The van der Waals surface area contributed by atoms with Crippen LogP contribution in [0.15, 0.2) is 0 Å². The Morgan fingerprint density at radius 3 is 2.82 bits per heavy atom. The average molecular weight is 157 g/mol. The van der Waals surface area contributed by atoms with E-state index in [2.05, 4.69) is 4.90 Å². The molecular weight excluding hydrogens is 142 g/mol. The average Bonchev–Trinajstić information content (AvgIpc) is 1.90. The van der Waals surface area contributed by atoms with Gasteiger partial charge in [0.1, 0.15) is 6.23 Å². The first-order chi connectivity index (χ1) is 5.29. The molecule has 0 aliphatic carbocycles. The number of aliphatic hydroxyl groups is 1. The molecule has 2 saturated heterocycles. The van der Waals surface area contributed by atoms with E-state index in [0.29, 0.717) is 6.04 Å². The second-order valence-corrected chi connectivity index (χ2v) is 3.47. The highest BCUT2D eigenvalue weighted by Crippen LogP contribution is 2.29. The predicted molar refractivity (Wildman–Crippen MR) is 41.1 cm³/mol. The van der Waals surface area contributed by atoms with E-state index in [1.165, 1.54) is 6.42 Å². The van der Waals surface area contributed by atoms with Crippen molar-refractivity contribution in [2.45, 2.75) is 38.1 Å². The van der Waals surface area contributed by atoms with Gasteiger partial charge in [-0.25, -0.2) is 0 Å². The van der Waals surface area contributed by atoms with Crippen LogP contribution in [0.2, 0.25) is 0 Å². The van der Waals surface area contributed by atoms with Crippen LogP contribution in [-0.2, 0) is 4.74 Å². The summed E-state index contributed by atoms with van der Waals surface area (Å²) in [6.07, 6.45) is 2.05. The quantitative estimate of drug-likeness (QED) is 0.589. The third-order valence-corrected chi connectivity index (χ3v) is 2.67. The Labute approximate surface area is 66.9 Å². The van der Waals surface area contributed by atoms with Gasteiger partial charge in [-0.2, -0.15) is 0 Å². The molecule has 0 aromatic rings. The summed E-state index contributed by atoms with van der Waals surface area (Å²) in [5.74, 6) is 0. The summed E-state index contributed by atoms with van der Waals surface area (Å²) in [6, 6.07) is 0.698. The zero-order valence-electron chi connectivity index (χ0n) is 6.86. The van der Waals surface area contributed by atoms with Crippen molar-refractivity contribution in [1.29, 1.82) is 0 Å². The lowest BCUT2D eigenvalue weighted by atomic mass is 9.97. The fourth-order valence-corrected chi connectivity index (χ4v) is 1.94. The molecule has 0 aromatic heterocycles. The molecule has 2 fully saturated rings. The molecule has 2 heterocycles. The molecule has 11 heavy (non-hydrogen) atoms. The van der Waals surface area contributed by atoms with Crippen LogP contribution in [0.25, 0.3) is 0 Å². The molecular formula is C8H15NO2. The number of rotatable bonds is 1. The first-order valence-electron chi connectivity index (χ1n) is 4.34. The van der Waals surface area contributed by atoms with Crippen molar-refractivity contribution in [2.24, 2.45) is 0 Å². The van der Waals surface area contributed by atoms with Crippen molar-refractivity contribution in [3.8, 4) is 0 Å². The van der Waals surface area contributed by atoms with Crippen LogP contribution >= 0.6 is 0 Å². The number of aliphatic hydroxyl groups excluding tert-OH is 1. The molecule has 3 nitrogen and oxygen atoms in total. The third kappa shape index (κ3) is 1.17. The molecule has 64 valence electrons. The molecule has 3 heteroatoms. The summed E-state index contributed by atoms with van der Waals surface area (Å²) >= 11 is 0. The fourth-order valence-electron chi connectivity index (χ4n) is 1.94. The Hall–Kier alpha value is -0.120. The van der Waals surface area contributed by atoms with Crippen LogP contribution in [0.4, 0.5) is 0 Å². The fraction of sp³-hybridized carbons (Fsp3) is 1.00. The maximum absolute atomic E-state index is 9.33. The van der Waals surface area contributed by atoms with Gasteiger partial charge in [0.2, 0.25) is 0 Å². The smallest absolute Gasteiger partial charge is 0.136 e. The molecule has 0 aromatic carbocycles. The van der Waals surface area contributed by atoms with Gasteiger partial charge in [0.05, 0.1) is 12.7 Å². The Balaban J connectivity index is 1.98. The highest BCUT2D eigenvalue weighted by atomic mass is 16.5. The van der Waals surface area contributed by atoms with Crippen molar-refractivity contribution in [3.63, 3.8) is 0 Å². The Morgan fingerprint density at radius 1 is 1.55 bits per heavy atom. The predicted octanol–water partition coefficient (Wildman–Crippen LogP) is 0.188. The van der Waals surface area contributed by atoms with Gasteiger partial charge in [-0.05, 0) is 19.8 Å². The van der Waals surface area contributed by atoms with E-state index >= 15 is 0 Å². The molecule has 2 aliphatic heterocycles. The van der Waals surface area contributed by atoms with Gasteiger partial charge in [0, 0.05) is 12.6 Å². The van der Waals surface area contributed by atoms with Crippen molar-refractivity contribution in [3.05, 3.63) is 0 Å². The zero-order valence-corrected chi connectivity index (χ0v) is 6.86. The molecule has 2 aliphatic rings. The Kier molecular flexibility index (Phi) is 1.87. The Bertz CT molecular complexity index is 149. The van der Waals surface area contributed by atoms with Crippen molar-refractivity contribution in [2.75, 3.05) is 13.2 Å². The largest absolute Gasteiger partial charge is 0.389 e. The molecule has 0 amide bonds. The van der Waals surface area contributed by atoms with Crippen LogP contribution in [0.3, 0.4) is 0 Å². The van der Waals surface area contributed by atoms with Gasteiger partial charge in [-0.15, -0.1) is 0 Å². The summed E-state index contributed by atoms with van der Waals surface area (Å²) in [5, 5.41) is 9.33. The minimum atomic E-state index is -0.349. The molecule has 3 atom stereocenters. The summed E-state index contributed by atoms with van der Waals surface area (Å²) in [7, 11) is 0. The Morgan fingerprint density at radius 2 is 2.36 bits per heavy atom. The standard InChI is InChI=1S/C8H15NO2/c1-6(10)8-9-4-2-7(9)3-5-11-8/h6-8,10H,2-5H2,1H3. The van der Waals surface area contributed by atoms with Gasteiger partial charge < -0.3 is 9.84 Å². The minimum absolute atomic E-state index is 0.0255. The molecule has 3 unspecified atom stereocenters.